The van der Waals surface area contributed by atoms with Crippen LogP contribution in [0.1, 0.15) is 38.9 Å². The predicted octanol–water partition coefficient (Wildman–Crippen LogP) is 3.61. The molecule has 6 nitrogen and oxygen atoms in total. The molecule has 0 fully saturated rings. The molecule has 0 radical (unpaired) electrons. The lowest BCUT2D eigenvalue weighted by Crippen LogP contribution is -2.32. The van der Waals surface area contributed by atoms with Gasteiger partial charge in [0.25, 0.3) is 5.91 Å². The molecule has 0 saturated heterocycles. The smallest absolute Gasteiger partial charge is 0.290 e. The zero-order valence-corrected chi connectivity index (χ0v) is 16.9. The second kappa shape index (κ2) is 7.37. The molecule has 0 saturated carbocycles. The van der Waals surface area contributed by atoms with E-state index in [0.717, 1.165) is 16.7 Å². The number of ether oxygens (including phenoxy) is 2. The normalized spacial score (nSPS) is 15.8. The third-order valence-electron chi connectivity index (χ3n) is 5.36. The van der Waals surface area contributed by atoms with Gasteiger partial charge in [0.1, 0.15) is 11.3 Å². The van der Waals surface area contributed by atoms with Crippen molar-refractivity contribution in [3.63, 3.8) is 0 Å². The van der Waals surface area contributed by atoms with E-state index < -0.39 is 6.04 Å². The maximum atomic E-state index is 13.6. The summed E-state index contributed by atoms with van der Waals surface area (Å²) in [5.41, 5.74) is 3.26. The van der Waals surface area contributed by atoms with Gasteiger partial charge in [-0.3, -0.25) is 9.59 Å². The lowest BCUT2D eigenvalue weighted by atomic mass is 9.97. The van der Waals surface area contributed by atoms with Gasteiger partial charge in [-0.25, -0.2) is 0 Å². The van der Waals surface area contributed by atoms with E-state index in [0.29, 0.717) is 35.4 Å². The van der Waals surface area contributed by atoms with E-state index in [-0.39, 0.29) is 17.1 Å². The van der Waals surface area contributed by atoms with Crippen LogP contribution >= 0.6 is 0 Å². The fraction of sp³-hybridized carbons (Fsp3) is 0.304. The highest BCUT2D eigenvalue weighted by molar-refractivity contribution is 5.99. The van der Waals surface area contributed by atoms with Crippen LogP contribution < -0.4 is 10.2 Å². The van der Waals surface area contributed by atoms with E-state index in [1.807, 2.05) is 44.2 Å². The summed E-state index contributed by atoms with van der Waals surface area (Å²) in [4.78, 5) is 28.4. The second-order valence-corrected chi connectivity index (χ2v) is 7.30. The molecule has 2 heterocycles. The summed E-state index contributed by atoms with van der Waals surface area (Å²) in [6.45, 7) is 4.52. The SMILES string of the molecule is COCCN1C(=O)c2oc3cc(C)cc(C)c3c(=O)c2C1c1cccc(OC)c1. The first kappa shape index (κ1) is 19.2. The van der Waals surface area contributed by atoms with Crippen LogP contribution in [-0.4, -0.2) is 38.2 Å². The number of methoxy groups -OCH3 is 2. The predicted molar refractivity (Wildman–Crippen MR) is 110 cm³/mol. The Morgan fingerprint density at radius 2 is 1.90 bits per heavy atom. The Hall–Kier alpha value is -3.12. The third-order valence-corrected chi connectivity index (χ3v) is 5.36. The number of rotatable bonds is 5. The van der Waals surface area contributed by atoms with Crippen molar-refractivity contribution < 1.29 is 18.7 Å². The van der Waals surface area contributed by atoms with Crippen molar-refractivity contribution in [2.24, 2.45) is 0 Å². The highest BCUT2D eigenvalue weighted by Gasteiger charge is 2.42. The minimum atomic E-state index is -0.552. The molecule has 4 rings (SSSR count). The number of amides is 1. The van der Waals surface area contributed by atoms with Crippen molar-refractivity contribution in [3.05, 3.63) is 74.6 Å². The number of carbonyl (C=O) groups is 1. The monoisotopic (exact) mass is 393 g/mol. The molecule has 0 N–H and O–H groups in total. The zero-order valence-electron chi connectivity index (χ0n) is 16.9. The molecule has 1 atom stereocenters. The van der Waals surface area contributed by atoms with Crippen LogP contribution in [0.15, 0.2) is 45.6 Å². The van der Waals surface area contributed by atoms with Gasteiger partial charge in [-0.1, -0.05) is 18.2 Å². The van der Waals surface area contributed by atoms with Crippen LogP contribution in [-0.2, 0) is 4.74 Å². The van der Waals surface area contributed by atoms with Gasteiger partial charge in [0, 0.05) is 13.7 Å². The molecule has 1 aliphatic heterocycles. The van der Waals surface area contributed by atoms with Gasteiger partial charge in [0.05, 0.1) is 30.7 Å². The third kappa shape index (κ3) is 3.09. The minimum absolute atomic E-state index is 0.108. The van der Waals surface area contributed by atoms with Gasteiger partial charge in [-0.2, -0.15) is 0 Å². The Labute approximate surface area is 168 Å². The molecule has 3 aromatic rings. The summed E-state index contributed by atoms with van der Waals surface area (Å²) in [6, 6.07) is 10.6. The summed E-state index contributed by atoms with van der Waals surface area (Å²) in [5.74, 6) is 0.464. The lowest BCUT2D eigenvalue weighted by Gasteiger charge is -2.25. The number of fused-ring (bicyclic) bond motifs is 2. The van der Waals surface area contributed by atoms with Gasteiger partial charge < -0.3 is 18.8 Å². The molecule has 1 aliphatic rings. The number of carbonyl (C=O) groups excluding carboxylic acids is 1. The minimum Gasteiger partial charge on any atom is -0.497 e. The first-order valence-corrected chi connectivity index (χ1v) is 9.48. The lowest BCUT2D eigenvalue weighted by molar-refractivity contribution is 0.0663. The first-order valence-electron chi connectivity index (χ1n) is 9.48. The first-order chi connectivity index (χ1) is 14.0. The molecule has 1 aromatic heterocycles. The van der Waals surface area contributed by atoms with E-state index >= 15 is 0 Å². The summed E-state index contributed by atoms with van der Waals surface area (Å²) in [7, 11) is 3.17. The van der Waals surface area contributed by atoms with E-state index in [9.17, 15) is 9.59 Å². The summed E-state index contributed by atoms with van der Waals surface area (Å²) < 4.78 is 16.6. The van der Waals surface area contributed by atoms with Crippen molar-refractivity contribution in [2.75, 3.05) is 27.4 Å². The number of aryl methyl sites for hydroxylation is 2. The van der Waals surface area contributed by atoms with Gasteiger partial charge in [0.15, 0.2) is 5.43 Å². The van der Waals surface area contributed by atoms with Crippen LogP contribution in [0.4, 0.5) is 0 Å². The largest absolute Gasteiger partial charge is 0.497 e. The molecule has 0 aliphatic carbocycles. The Bertz CT molecular complexity index is 1160. The molecular formula is C23H23NO5. The molecule has 1 unspecified atom stereocenters. The Morgan fingerprint density at radius 3 is 2.62 bits per heavy atom. The molecule has 2 aromatic carbocycles. The number of benzene rings is 2. The van der Waals surface area contributed by atoms with Crippen LogP contribution in [0.25, 0.3) is 11.0 Å². The van der Waals surface area contributed by atoms with E-state index in [1.54, 1.807) is 25.2 Å². The number of nitrogens with zero attached hydrogens (tertiary/aromatic N) is 1. The molecule has 0 spiro atoms. The maximum absolute atomic E-state index is 13.6. The Balaban J connectivity index is 2.00. The number of hydrogen-bond donors (Lipinski definition) is 0. The van der Waals surface area contributed by atoms with E-state index in [4.69, 9.17) is 13.9 Å². The quantitative estimate of drug-likeness (QED) is 0.662. The summed E-state index contributed by atoms with van der Waals surface area (Å²) in [6.07, 6.45) is 0. The molecule has 0 bridgehead atoms. The zero-order chi connectivity index (χ0) is 20.7. The van der Waals surface area contributed by atoms with Crippen molar-refractivity contribution >= 4 is 16.9 Å². The van der Waals surface area contributed by atoms with Gasteiger partial charge in [0.2, 0.25) is 5.76 Å². The average Bonchev–Trinajstić information content (AvgIpc) is 2.98. The Morgan fingerprint density at radius 1 is 1.10 bits per heavy atom. The molecule has 6 heteroatoms. The average molecular weight is 393 g/mol. The topological polar surface area (TPSA) is 69.0 Å². The van der Waals surface area contributed by atoms with Gasteiger partial charge in [-0.05, 0) is 48.7 Å². The van der Waals surface area contributed by atoms with Gasteiger partial charge >= 0.3 is 0 Å². The van der Waals surface area contributed by atoms with Crippen molar-refractivity contribution in [3.8, 4) is 5.75 Å². The highest BCUT2D eigenvalue weighted by atomic mass is 16.5. The van der Waals surface area contributed by atoms with E-state index in [1.165, 1.54) is 0 Å². The van der Waals surface area contributed by atoms with Crippen molar-refractivity contribution in [2.45, 2.75) is 19.9 Å². The van der Waals surface area contributed by atoms with Crippen LogP contribution in [0.5, 0.6) is 5.75 Å². The highest BCUT2D eigenvalue weighted by Crippen LogP contribution is 2.39. The molecule has 150 valence electrons. The van der Waals surface area contributed by atoms with Crippen LogP contribution in [0.3, 0.4) is 0 Å². The molecular weight excluding hydrogens is 370 g/mol. The second-order valence-electron chi connectivity index (χ2n) is 7.30. The summed E-state index contributed by atoms with van der Waals surface area (Å²) in [5, 5.41) is 0.517. The van der Waals surface area contributed by atoms with Gasteiger partial charge in [-0.15, -0.1) is 0 Å². The van der Waals surface area contributed by atoms with Crippen molar-refractivity contribution in [1.82, 2.24) is 4.90 Å². The number of hydrogen-bond acceptors (Lipinski definition) is 5. The standard InChI is InChI=1S/C23H23NO5/c1-13-10-14(2)18-17(11-13)29-22-19(21(18)25)20(24(23(22)26)8-9-27-3)15-6-5-7-16(12-15)28-4/h5-7,10-12,20H,8-9H2,1-4H3. The van der Waals surface area contributed by atoms with Crippen LogP contribution in [0, 0.1) is 13.8 Å². The Kier molecular flexibility index (Phi) is 4.88. The molecule has 1 amide bonds. The summed E-state index contributed by atoms with van der Waals surface area (Å²) >= 11 is 0. The molecule has 29 heavy (non-hydrogen) atoms. The van der Waals surface area contributed by atoms with Crippen molar-refractivity contribution in [1.29, 1.82) is 0 Å². The maximum Gasteiger partial charge on any atom is 0.290 e. The fourth-order valence-electron chi connectivity index (χ4n) is 4.09. The van der Waals surface area contributed by atoms with E-state index in [2.05, 4.69) is 0 Å². The fourth-order valence-corrected chi connectivity index (χ4v) is 4.09. The van der Waals surface area contributed by atoms with Crippen LogP contribution in [0.2, 0.25) is 0 Å².